The van der Waals surface area contributed by atoms with E-state index in [2.05, 4.69) is 93.6 Å². The monoisotopic (exact) mass is 494 g/mol. The first-order valence-electron chi connectivity index (χ1n) is 10.6. The average Bonchev–Trinajstić information content (AvgIpc) is 2.81. The van der Waals surface area contributed by atoms with Crippen LogP contribution in [0.25, 0.3) is 0 Å². The van der Waals surface area contributed by atoms with Crippen molar-refractivity contribution < 1.29 is 4.79 Å². The third-order valence-electron chi connectivity index (χ3n) is 5.65. The Labute approximate surface area is 197 Å². The number of hydrogen-bond donors (Lipinski definition) is 0. The highest BCUT2D eigenvalue weighted by Crippen LogP contribution is 2.29. The van der Waals surface area contributed by atoms with Gasteiger partial charge < -0.3 is 4.90 Å². The van der Waals surface area contributed by atoms with Gasteiger partial charge in [-0.05, 0) is 28.8 Å². The van der Waals surface area contributed by atoms with Crippen molar-refractivity contribution in [1.82, 2.24) is 9.80 Å². The van der Waals surface area contributed by atoms with E-state index in [9.17, 15) is 4.79 Å². The Morgan fingerprint density at radius 3 is 2.03 bits per heavy atom. The zero-order valence-electron chi connectivity index (χ0n) is 17.5. The molecule has 1 amide bonds. The highest BCUT2D eigenvalue weighted by molar-refractivity contribution is 9.10. The molecule has 3 aromatic carbocycles. The molecule has 0 unspecified atom stereocenters. The van der Waals surface area contributed by atoms with Gasteiger partial charge in [-0.25, -0.2) is 0 Å². The maximum absolute atomic E-state index is 12.7. The third kappa shape index (κ3) is 6.00. The molecule has 3 aromatic rings. The number of amides is 1. The molecule has 0 saturated carbocycles. The van der Waals surface area contributed by atoms with Gasteiger partial charge in [-0.3, -0.25) is 9.69 Å². The largest absolute Gasteiger partial charge is 0.339 e. The van der Waals surface area contributed by atoms with Crippen molar-refractivity contribution in [3.8, 4) is 0 Å². The third-order valence-corrected chi connectivity index (χ3v) is 7.13. The maximum Gasteiger partial charge on any atom is 0.232 e. The van der Waals surface area contributed by atoms with Crippen LogP contribution in [-0.4, -0.2) is 47.6 Å². The second-order valence-electron chi connectivity index (χ2n) is 7.76. The molecular weight excluding hydrogens is 468 g/mol. The second-order valence-corrected chi connectivity index (χ2v) is 9.66. The lowest BCUT2D eigenvalue weighted by molar-refractivity contribution is -0.130. The Bertz CT molecular complexity index is 935. The molecule has 0 N–H and O–H groups in total. The smallest absolute Gasteiger partial charge is 0.232 e. The van der Waals surface area contributed by atoms with Crippen molar-refractivity contribution in [1.29, 1.82) is 0 Å². The fraction of sp³-hybridized carbons (Fsp3) is 0.269. The Morgan fingerprint density at radius 2 is 1.45 bits per heavy atom. The van der Waals surface area contributed by atoms with Crippen molar-refractivity contribution in [2.75, 3.05) is 31.9 Å². The van der Waals surface area contributed by atoms with Crippen LogP contribution in [0.1, 0.15) is 22.7 Å². The standard InChI is InChI=1S/C26H27BrN2OS/c27-24-13-7-8-21(18-24)19-31-20-25(30)28-14-16-29(17-15-28)26(22-9-3-1-4-10-22)23-11-5-2-6-12-23/h1-13,18,26H,14-17,19-20H2. The summed E-state index contributed by atoms with van der Waals surface area (Å²) in [5, 5.41) is 0. The van der Waals surface area contributed by atoms with Crippen LogP contribution in [0, 0.1) is 0 Å². The van der Waals surface area contributed by atoms with E-state index < -0.39 is 0 Å². The van der Waals surface area contributed by atoms with Crippen molar-refractivity contribution in [3.05, 3.63) is 106 Å². The number of rotatable bonds is 7. The zero-order chi connectivity index (χ0) is 21.5. The van der Waals surface area contributed by atoms with E-state index in [-0.39, 0.29) is 11.9 Å². The van der Waals surface area contributed by atoms with Gasteiger partial charge in [-0.15, -0.1) is 11.8 Å². The summed E-state index contributed by atoms with van der Waals surface area (Å²) in [6, 6.07) is 29.9. The van der Waals surface area contributed by atoms with Crippen LogP contribution in [0.4, 0.5) is 0 Å². The van der Waals surface area contributed by atoms with Gasteiger partial charge in [0.15, 0.2) is 0 Å². The molecule has 0 spiro atoms. The minimum Gasteiger partial charge on any atom is -0.339 e. The van der Waals surface area contributed by atoms with E-state index in [0.29, 0.717) is 5.75 Å². The Balaban J connectivity index is 1.33. The SMILES string of the molecule is O=C(CSCc1cccc(Br)c1)N1CCN(C(c2ccccc2)c2ccccc2)CC1. The Morgan fingerprint density at radius 1 is 0.839 bits per heavy atom. The normalized spacial score (nSPS) is 14.7. The number of carbonyl (C=O) groups excluding carboxylic acids is 1. The molecule has 160 valence electrons. The minimum absolute atomic E-state index is 0.227. The fourth-order valence-corrected chi connectivity index (χ4v) is 5.41. The Hall–Kier alpha value is -2.08. The van der Waals surface area contributed by atoms with Crippen LogP contribution >= 0.6 is 27.7 Å². The molecule has 0 aromatic heterocycles. The number of halogens is 1. The van der Waals surface area contributed by atoms with Crippen molar-refractivity contribution in [2.45, 2.75) is 11.8 Å². The molecule has 3 nitrogen and oxygen atoms in total. The van der Waals surface area contributed by atoms with Gasteiger partial charge in [0.2, 0.25) is 5.91 Å². The number of piperazine rings is 1. The lowest BCUT2D eigenvalue weighted by Gasteiger charge is -2.39. The molecule has 1 heterocycles. The zero-order valence-corrected chi connectivity index (χ0v) is 19.9. The summed E-state index contributed by atoms with van der Waals surface area (Å²) < 4.78 is 1.08. The fourth-order valence-electron chi connectivity index (χ4n) is 4.09. The van der Waals surface area contributed by atoms with Crippen LogP contribution in [0.5, 0.6) is 0 Å². The molecule has 31 heavy (non-hydrogen) atoms. The van der Waals surface area contributed by atoms with E-state index in [1.807, 2.05) is 17.0 Å². The molecule has 1 fully saturated rings. The molecule has 0 bridgehead atoms. The summed E-state index contributed by atoms with van der Waals surface area (Å²) in [5.41, 5.74) is 3.85. The van der Waals surface area contributed by atoms with Gasteiger partial charge in [0, 0.05) is 36.4 Å². The highest BCUT2D eigenvalue weighted by atomic mass is 79.9. The van der Waals surface area contributed by atoms with E-state index in [1.54, 1.807) is 11.8 Å². The number of nitrogens with zero attached hydrogens (tertiary/aromatic N) is 2. The molecule has 4 rings (SSSR count). The highest BCUT2D eigenvalue weighted by Gasteiger charge is 2.27. The van der Waals surface area contributed by atoms with Crippen molar-refractivity contribution in [2.24, 2.45) is 0 Å². The summed E-state index contributed by atoms with van der Waals surface area (Å²) in [5.74, 6) is 1.64. The van der Waals surface area contributed by atoms with Gasteiger partial charge in [-0.2, -0.15) is 0 Å². The first kappa shape index (κ1) is 22.1. The molecular formula is C26H27BrN2OS. The molecule has 0 aliphatic carbocycles. The molecule has 5 heteroatoms. The number of thioether (sulfide) groups is 1. The molecule has 1 aliphatic rings. The summed E-state index contributed by atoms with van der Waals surface area (Å²) in [6.07, 6.45) is 0. The van der Waals surface area contributed by atoms with Crippen LogP contribution in [0.2, 0.25) is 0 Å². The first-order chi connectivity index (χ1) is 15.2. The lowest BCUT2D eigenvalue weighted by atomic mass is 9.96. The van der Waals surface area contributed by atoms with Gasteiger partial charge in [0.25, 0.3) is 0 Å². The van der Waals surface area contributed by atoms with Crippen LogP contribution in [-0.2, 0) is 10.5 Å². The summed E-state index contributed by atoms with van der Waals surface area (Å²) in [7, 11) is 0. The molecule has 0 atom stereocenters. The number of hydrogen-bond acceptors (Lipinski definition) is 3. The van der Waals surface area contributed by atoms with E-state index in [0.717, 1.165) is 36.4 Å². The number of carbonyl (C=O) groups is 1. The minimum atomic E-state index is 0.227. The van der Waals surface area contributed by atoms with Gasteiger partial charge >= 0.3 is 0 Å². The molecule has 1 aliphatic heterocycles. The maximum atomic E-state index is 12.7. The van der Waals surface area contributed by atoms with Gasteiger partial charge in [0.05, 0.1) is 11.8 Å². The van der Waals surface area contributed by atoms with Gasteiger partial charge in [0.1, 0.15) is 0 Å². The summed E-state index contributed by atoms with van der Waals surface area (Å²) in [6.45, 7) is 3.34. The van der Waals surface area contributed by atoms with Crippen molar-refractivity contribution >= 4 is 33.6 Å². The summed E-state index contributed by atoms with van der Waals surface area (Å²) in [4.78, 5) is 17.3. The van der Waals surface area contributed by atoms with Crippen LogP contribution in [0.3, 0.4) is 0 Å². The number of benzene rings is 3. The predicted molar refractivity (Wildman–Crippen MR) is 133 cm³/mol. The van der Waals surface area contributed by atoms with E-state index in [1.165, 1.54) is 16.7 Å². The van der Waals surface area contributed by atoms with Crippen LogP contribution in [0.15, 0.2) is 89.4 Å². The Kier molecular flexibility index (Phi) is 7.84. The van der Waals surface area contributed by atoms with E-state index in [4.69, 9.17) is 0 Å². The van der Waals surface area contributed by atoms with Crippen LogP contribution < -0.4 is 0 Å². The molecule has 1 saturated heterocycles. The predicted octanol–water partition coefficient (Wildman–Crippen LogP) is 5.62. The topological polar surface area (TPSA) is 23.6 Å². The lowest BCUT2D eigenvalue weighted by Crippen LogP contribution is -2.50. The van der Waals surface area contributed by atoms with Crippen molar-refractivity contribution in [3.63, 3.8) is 0 Å². The molecule has 0 radical (unpaired) electrons. The summed E-state index contributed by atoms with van der Waals surface area (Å²) >= 11 is 5.20. The average molecular weight is 495 g/mol. The van der Waals surface area contributed by atoms with E-state index >= 15 is 0 Å². The van der Waals surface area contributed by atoms with Gasteiger partial charge in [-0.1, -0.05) is 88.7 Å². The first-order valence-corrected chi connectivity index (χ1v) is 12.6. The second kappa shape index (κ2) is 11.0. The quantitative estimate of drug-likeness (QED) is 0.426.